The topological polar surface area (TPSA) is 109 Å². The lowest BCUT2D eigenvalue weighted by Gasteiger charge is -2.18. The molecule has 2 rings (SSSR count). The third-order valence-electron chi connectivity index (χ3n) is 3.58. The summed E-state index contributed by atoms with van der Waals surface area (Å²) >= 11 is 0. The third-order valence-corrected chi connectivity index (χ3v) is 3.58. The summed E-state index contributed by atoms with van der Waals surface area (Å²) in [6.45, 7) is 0.0230. The van der Waals surface area contributed by atoms with Crippen molar-refractivity contribution in [3.05, 3.63) is 58.1 Å². The molecule has 28 heavy (non-hydrogen) atoms. The van der Waals surface area contributed by atoms with Gasteiger partial charge in [-0.2, -0.15) is 0 Å². The molecule has 0 aromatic heterocycles. The summed E-state index contributed by atoms with van der Waals surface area (Å²) in [4.78, 5) is 22.8. The van der Waals surface area contributed by atoms with Gasteiger partial charge in [0.25, 0.3) is 11.6 Å². The number of hydrogen-bond donors (Lipinski definition) is 2. The summed E-state index contributed by atoms with van der Waals surface area (Å²) < 4.78 is 40.1. The van der Waals surface area contributed by atoms with Crippen LogP contribution in [-0.2, 0) is 11.3 Å². The number of rotatable bonds is 7. The molecule has 8 nitrogen and oxygen atoms in total. The average molecular weight is 399 g/mol. The molecule has 1 amide bonds. The number of quaternary nitrogens is 1. The van der Waals surface area contributed by atoms with Crippen LogP contribution in [0.3, 0.4) is 0 Å². The van der Waals surface area contributed by atoms with E-state index in [0.717, 1.165) is 24.3 Å². The second-order valence-electron chi connectivity index (χ2n) is 5.98. The van der Waals surface area contributed by atoms with E-state index in [2.05, 4.69) is 10.1 Å². The molecule has 0 saturated carbocycles. The highest BCUT2D eigenvalue weighted by Crippen LogP contribution is 2.24. The second-order valence-corrected chi connectivity index (χ2v) is 5.98. The van der Waals surface area contributed by atoms with Gasteiger partial charge in [0.05, 0.1) is 12.0 Å². The van der Waals surface area contributed by atoms with Gasteiger partial charge in [-0.15, -0.1) is 13.2 Å². The minimum Gasteiger partial charge on any atom is -0.872 e. The number of nitro benzene ring substituents is 1. The van der Waals surface area contributed by atoms with Crippen LogP contribution >= 0.6 is 0 Å². The summed E-state index contributed by atoms with van der Waals surface area (Å²) in [6.07, 6.45) is -4.80. The Bertz CT molecular complexity index is 856. The molecule has 0 radical (unpaired) electrons. The first-order valence-corrected chi connectivity index (χ1v) is 7.95. The molecule has 2 aromatic carbocycles. The van der Waals surface area contributed by atoms with Crippen molar-refractivity contribution in [2.24, 2.45) is 0 Å². The first-order chi connectivity index (χ1) is 13.0. The Hall–Kier alpha value is -3.34. The van der Waals surface area contributed by atoms with Gasteiger partial charge in [-0.3, -0.25) is 14.9 Å². The van der Waals surface area contributed by atoms with E-state index in [1.54, 1.807) is 7.05 Å². The molecular weight excluding hydrogens is 383 g/mol. The molecule has 0 fully saturated rings. The fraction of sp³-hybridized carbons (Fsp3) is 0.235. The van der Waals surface area contributed by atoms with E-state index in [1.807, 2.05) is 0 Å². The minimum atomic E-state index is -4.80. The normalized spacial score (nSPS) is 12.3. The number of amides is 1. The standard InChI is InChI=1S/C17H16F3N3O5/c1-22(9-11-8-13(23(26)27)4-7-15(11)24)10-16(25)21-12-2-5-14(6-3-12)28-17(18,19)20/h2-8,24H,9-10H2,1H3,(H,21,25). The van der Waals surface area contributed by atoms with Crippen molar-refractivity contribution in [1.29, 1.82) is 0 Å². The van der Waals surface area contributed by atoms with Crippen molar-refractivity contribution in [3.8, 4) is 11.5 Å². The number of carbonyl (C=O) groups excluding carboxylic acids is 1. The lowest BCUT2D eigenvalue weighted by atomic mass is 10.1. The molecule has 2 aromatic rings. The number of likely N-dealkylation sites (N-methyl/N-ethyl adjacent to an activating group) is 1. The Balaban J connectivity index is 1.92. The van der Waals surface area contributed by atoms with Gasteiger partial charge in [0.2, 0.25) is 0 Å². The van der Waals surface area contributed by atoms with Gasteiger partial charge >= 0.3 is 6.36 Å². The highest BCUT2D eigenvalue weighted by molar-refractivity contribution is 5.91. The Morgan fingerprint density at radius 3 is 2.43 bits per heavy atom. The van der Waals surface area contributed by atoms with Crippen LogP contribution in [0.4, 0.5) is 24.5 Å². The first-order valence-electron chi connectivity index (χ1n) is 7.95. The number of carbonyl (C=O) groups is 1. The van der Waals surface area contributed by atoms with E-state index >= 15 is 0 Å². The van der Waals surface area contributed by atoms with Gasteiger partial charge in [0.15, 0.2) is 6.54 Å². The molecule has 0 heterocycles. The smallest absolute Gasteiger partial charge is 0.573 e. The van der Waals surface area contributed by atoms with E-state index in [4.69, 9.17) is 0 Å². The Labute approximate surface area is 157 Å². The van der Waals surface area contributed by atoms with Crippen LogP contribution in [0.5, 0.6) is 11.5 Å². The van der Waals surface area contributed by atoms with E-state index in [0.29, 0.717) is 4.90 Å². The molecule has 0 saturated heterocycles. The van der Waals surface area contributed by atoms with E-state index in [-0.39, 0.29) is 35.8 Å². The zero-order chi connectivity index (χ0) is 20.9. The quantitative estimate of drug-likeness (QED) is 0.538. The highest BCUT2D eigenvalue weighted by atomic mass is 19.4. The number of anilines is 1. The van der Waals surface area contributed by atoms with Crippen molar-refractivity contribution >= 4 is 17.3 Å². The van der Waals surface area contributed by atoms with Gasteiger partial charge in [0.1, 0.15) is 12.3 Å². The van der Waals surface area contributed by atoms with E-state index in [9.17, 15) is 33.2 Å². The number of nitro groups is 1. The van der Waals surface area contributed by atoms with Crippen LogP contribution in [-0.4, -0.2) is 30.8 Å². The van der Waals surface area contributed by atoms with E-state index in [1.165, 1.54) is 18.2 Å². The summed E-state index contributed by atoms with van der Waals surface area (Å²) in [6, 6.07) is 8.02. The number of nitrogens with one attached hydrogen (secondary N) is 2. The maximum absolute atomic E-state index is 12.1. The second kappa shape index (κ2) is 8.57. The summed E-state index contributed by atoms with van der Waals surface area (Å²) in [5.41, 5.74) is 0.258. The molecule has 0 aliphatic carbocycles. The lowest BCUT2D eigenvalue weighted by Crippen LogP contribution is -3.08. The molecule has 2 N–H and O–H groups in total. The van der Waals surface area contributed by atoms with Gasteiger partial charge < -0.3 is 20.1 Å². The molecular formula is C17H16F3N3O5. The number of hydrogen-bond acceptors (Lipinski definition) is 5. The van der Waals surface area contributed by atoms with Gasteiger partial charge in [0, 0.05) is 23.4 Å². The minimum absolute atomic E-state index is 0.0665. The van der Waals surface area contributed by atoms with Crippen molar-refractivity contribution < 1.29 is 37.6 Å². The van der Waals surface area contributed by atoms with Crippen molar-refractivity contribution in [1.82, 2.24) is 0 Å². The Kier molecular flexibility index (Phi) is 6.41. The third kappa shape index (κ3) is 6.43. The molecule has 0 aliphatic heterocycles. The van der Waals surface area contributed by atoms with Crippen LogP contribution in [0, 0.1) is 10.1 Å². The molecule has 1 atom stereocenters. The predicted molar refractivity (Wildman–Crippen MR) is 89.8 cm³/mol. The molecule has 0 spiro atoms. The SMILES string of the molecule is C[NH+](CC(=O)Nc1ccc(OC(F)(F)F)cc1)Cc1cc([N+](=O)[O-])ccc1[O-]. The largest absolute Gasteiger partial charge is 0.872 e. The molecule has 0 bridgehead atoms. The van der Waals surface area contributed by atoms with Crippen LogP contribution in [0.1, 0.15) is 5.56 Å². The fourth-order valence-electron chi connectivity index (χ4n) is 2.42. The predicted octanol–water partition coefficient (Wildman–Crippen LogP) is 1.22. The van der Waals surface area contributed by atoms with Crippen molar-refractivity contribution in [2.75, 3.05) is 18.9 Å². The zero-order valence-corrected chi connectivity index (χ0v) is 14.6. The lowest BCUT2D eigenvalue weighted by molar-refractivity contribution is -0.885. The Morgan fingerprint density at radius 1 is 1.21 bits per heavy atom. The maximum atomic E-state index is 12.1. The summed E-state index contributed by atoms with van der Waals surface area (Å²) in [7, 11) is 1.62. The van der Waals surface area contributed by atoms with Crippen molar-refractivity contribution in [3.63, 3.8) is 0 Å². The molecule has 150 valence electrons. The Morgan fingerprint density at radius 2 is 1.86 bits per heavy atom. The van der Waals surface area contributed by atoms with Gasteiger partial charge in [-0.05, 0) is 24.3 Å². The highest BCUT2D eigenvalue weighted by Gasteiger charge is 2.31. The fourth-order valence-corrected chi connectivity index (χ4v) is 2.42. The monoisotopic (exact) mass is 399 g/mol. The molecule has 1 unspecified atom stereocenters. The van der Waals surface area contributed by atoms with Gasteiger partial charge in [-0.25, -0.2) is 0 Å². The molecule has 0 aliphatic rings. The zero-order valence-electron chi connectivity index (χ0n) is 14.6. The number of non-ortho nitro benzene ring substituents is 1. The van der Waals surface area contributed by atoms with Crippen molar-refractivity contribution in [2.45, 2.75) is 12.9 Å². The van der Waals surface area contributed by atoms with Crippen LogP contribution in [0.15, 0.2) is 42.5 Å². The number of alkyl halides is 3. The van der Waals surface area contributed by atoms with Crippen LogP contribution in [0.25, 0.3) is 0 Å². The van der Waals surface area contributed by atoms with Crippen LogP contribution < -0.4 is 20.1 Å². The van der Waals surface area contributed by atoms with Gasteiger partial charge in [-0.1, -0.05) is 11.8 Å². The number of nitrogens with zero attached hydrogens (tertiary/aromatic N) is 1. The van der Waals surface area contributed by atoms with E-state index < -0.39 is 22.9 Å². The number of ether oxygens (including phenoxy) is 1. The van der Waals surface area contributed by atoms with Crippen LogP contribution in [0.2, 0.25) is 0 Å². The number of benzene rings is 2. The number of halogens is 3. The molecule has 11 heteroatoms. The summed E-state index contributed by atoms with van der Waals surface area (Å²) in [5, 5.41) is 25.1. The maximum Gasteiger partial charge on any atom is 0.573 e. The first kappa shape index (κ1) is 21.0. The summed E-state index contributed by atoms with van der Waals surface area (Å²) in [5.74, 6) is -1.23. The average Bonchev–Trinajstić information content (AvgIpc) is 2.57.